The van der Waals surface area contributed by atoms with E-state index in [1.165, 1.54) is 14.2 Å². The molecule has 0 unspecified atom stereocenters. The van der Waals surface area contributed by atoms with Gasteiger partial charge in [0.1, 0.15) is 10.8 Å². The Morgan fingerprint density at radius 2 is 1.94 bits per heavy atom. The van der Waals surface area contributed by atoms with Crippen LogP contribution in [0.1, 0.15) is 45.8 Å². The molecule has 0 radical (unpaired) electrons. The molecule has 3 rings (SSSR count). The van der Waals surface area contributed by atoms with Crippen LogP contribution in [0.5, 0.6) is 0 Å². The van der Waals surface area contributed by atoms with Crippen LogP contribution in [-0.4, -0.2) is 40.9 Å². The number of hydrogen-bond donors (Lipinski definition) is 0. The molecule has 0 aliphatic heterocycles. The lowest BCUT2D eigenvalue weighted by molar-refractivity contribution is -0.140. The minimum atomic E-state index is -0.399. The van der Waals surface area contributed by atoms with Crippen LogP contribution >= 0.6 is 11.6 Å². The highest BCUT2D eigenvalue weighted by molar-refractivity contribution is 6.30. The lowest BCUT2D eigenvalue weighted by Crippen LogP contribution is -2.10. The number of carbonyl (C=O) groups excluding carboxylic acids is 2. The zero-order valence-corrected chi connectivity index (χ0v) is 18.6. The lowest BCUT2D eigenvalue weighted by atomic mass is 9.85. The zero-order valence-electron chi connectivity index (χ0n) is 17.9. The molecule has 2 heterocycles. The Hall–Kier alpha value is -3.19. The number of halogens is 1. The SMILES string of the molecule is COC(=O)CC[C@@H](c1ccc(C(=O)OC)c(C)c1)c1c(-c2ccccn2)nn(C)c1Cl. The highest BCUT2D eigenvalue weighted by atomic mass is 35.5. The number of aryl methyl sites for hydroxylation is 2. The number of pyridine rings is 1. The number of nitrogens with zero attached hydrogens (tertiary/aromatic N) is 3. The predicted octanol–water partition coefficient (Wildman–Crippen LogP) is 4.32. The number of methoxy groups -OCH3 is 2. The highest BCUT2D eigenvalue weighted by Crippen LogP contribution is 2.40. The molecule has 1 atom stereocenters. The summed E-state index contributed by atoms with van der Waals surface area (Å²) >= 11 is 6.68. The second kappa shape index (κ2) is 9.75. The fourth-order valence-electron chi connectivity index (χ4n) is 3.61. The lowest BCUT2D eigenvalue weighted by Gasteiger charge is -2.19. The van der Waals surface area contributed by atoms with Crippen molar-refractivity contribution >= 4 is 23.5 Å². The third-order valence-corrected chi connectivity index (χ3v) is 5.64. The largest absolute Gasteiger partial charge is 0.469 e. The number of esters is 2. The van der Waals surface area contributed by atoms with Crippen LogP contribution in [0.4, 0.5) is 0 Å². The van der Waals surface area contributed by atoms with Gasteiger partial charge in [-0.25, -0.2) is 4.79 Å². The molecule has 1 aromatic carbocycles. The maximum atomic E-state index is 12.0. The van der Waals surface area contributed by atoms with E-state index in [1.807, 2.05) is 37.3 Å². The molecule has 0 spiro atoms. The van der Waals surface area contributed by atoms with Crippen molar-refractivity contribution in [2.24, 2.45) is 7.05 Å². The van der Waals surface area contributed by atoms with Crippen molar-refractivity contribution in [2.75, 3.05) is 14.2 Å². The van der Waals surface area contributed by atoms with Crippen LogP contribution in [0.15, 0.2) is 42.6 Å². The van der Waals surface area contributed by atoms with Gasteiger partial charge in [-0.3, -0.25) is 14.5 Å². The second-order valence-corrected chi connectivity index (χ2v) is 7.48. The molecule has 162 valence electrons. The summed E-state index contributed by atoms with van der Waals surface area (Å²) in [5.74, 6) is -0.973. The Balaban J connectivity index is 2.14. The predicted molar refractivity (Wildman–Crippen MR) is 117 cm³/mol. The van der Waals surface area contributed by atoms with Crippen molar-refractivity contribution in [1.82, 2.24) is 14.8 Å². The number of ether oxygens (including phenoxy) is 2. The normalized spacial score (nSPS) is 11.8. The molecule has 2 aromatic heterocycles. The molecule has 0 N–H and O–H groups in total. The molecule has 0 aliphatic rings. The van der Waals surface area contributed by atoms with E-state index in [0.717, 1.165) is 16.7 Å². The average molecular weight is 442 g/mol. The van der Waals surface area contributed by atoms with Crippen LogP contribution in [0.25, 0.3) is 11.4 Å². The first-order chi connectivity index (χ1) is 14.9. The first-order valence-corrected chi connectivity index (χ1v) is 10.1. The Morgan fingerprint density at radius 3 is 2.55 bits per heavy atom. The first-order valence-electron chi connectivity index (χ1n) is 9.76. The molecule has 0 amide bonds. The standard InChI is InChI=1S/C23H24ClN3O4/c1-14-13-15(8-9-16(14)23(29)31-4)17(10-11-19(28)30-3)20-21(26-27(2)22(20)24)18-7-5-6-12-25-18/h5-9,12-13,17H,10-11H2,1-4H3/t17-/m0/s1. The summed E-state index contributed by atoms with van der Waals surface area (Å²) in [6.07, 6.45) is 2.35. The van der Waals surface area contributed by atoms with Crippen LogP contribution in [-0.2, 0) is 21.3 Å². The summed E-state index contributed by atoms with van der Waals surface area (Å²) in [7, 11) is 4.48. The van der Waals surface area contributed by atoms with Crippen molar-refractivity contribution in [3.8, 4) is 11.4 Å². The van der Waals surface area contributed by atoms with E-state index in [1.54, 1.807) is 24.0 Å². The van der Waals surface area contributed by atoms with Gasteiger partial charge in [0.2, 0.25) is 0 Å². The maximum absolute atomic E-state index is 12.0. The summed E-state index contributed by atoms with van der Waals surface area (Å²) in [4.78, 5) is 28.4. The van der Waals surface area contributed by atoms with Crippen molar-refractivity contribution in [3.63, 3.8) is 0 Å². The van der Waals surface area contributed by atoms with Gasteiger partial charge < -0.3 is 9.47 Å². The van der Waals surface area contributed by atoms with Crippen LogP contribution in [0, 0.1) is 6.92 Å². The van der Waals surface area contributed by atoms with E-state index in [0.29, 0.717) is 28.5 Å². The van der Waals surface area contributed by atoms with E-state index in [2.05, 4.69) is 10.1 Å². The molecule has 0 bridgehead atoms. The Labute approximate surface area is 186 Å². The molecule has 0 saturated carbocycles. The molecule has 31 heavy (non-hydrogen) atoms. The quantitative estimate of drug-likeness (QED) is 0.508. The van der Waals surface area contributed by atoms with E-state index >= 15 is 0 Å². The maximum Gasteiger partial charge on any atom is 0.338 e. The van der Waals surface area contributed by atoms with Crippen LogP contribution in [0.3, 0.4) is 0 Å². The molecular weight excluding hydrogens is 418 g/mol. The molecule has 8 heteroatoms. The van der Waals surface area contributed by atoms with Gasteiger partial charge in [-0.15, -0.1) is 0 Å². The summed E-state index contributed by atoms with van der Waals surface area (Å²) in [6, 6.07) is 11.1. The minimum absolute atomic E-state index is 0.200. The van der Waals surface area contributed by atoms with Crippen molar-refractivity contribution in [1.29, 1.82) is 0 Å². The second-order valence-electron chi connectivity index (χ2n) is 7.13. The fourth-order valence-corrected chi connectivity index (χ4v) is 3.86. The van der Waals surface area contributed by atoms with Gasteiger partial charge in [-0.05, 0) is 42.7 Å². The monoisotopic (exact) mass is 441 g/mol. The van der Waals surface area contributed by atoms with Gasteiger partial charge in [-0.1, -0.05) is 29.8 Å². The molecule has 0 fully saturated rings. The minimum Gasteiger partial charge on any atom is -0.469 e. The van der Waals surface area contributed by atoms with E-state index in [9.17, 15) is 9.59 Å². The average Bonchev–Trinajstić information content (AvgIpc) is 3.08. The van der Waals surface area contributed by atoms with Crippen LogP contribution in [0.2, 0.25) is 5.15 Å². The Bertz CT molecular complexity index is 1100. The number of hydrogen-bond acceptors (Lipinski definition) is 6. The van der Waals surface area contributed by atoms with E-state index in [4.69, 9.17) is 21.1 Å². The summed E-state index contributed by atoms with van der Waals surface area (Å²) in [5.41, 5.74) is 4.27. The van der Waals surface area contributed by atoms with Crippen molar-refractivity contribution in [3.05, 3.63) is 70.0 Å². The van der Waals surface area contributed by atoms with Gasteiger partial charge in [0.25, 0.3) is 0 Å². The molecule has 3 aromatic rings. The third kappa shape index (κ3) is 4.77. The van der Waals surface area contributed by atoms with Crippen molar-refractivity contribution in [2.45, 2.75) is 25.7 Å². The Morgan fingerprint density at radius 1 is 1.16 bits per heavy atom. The van der Waals surface area contributed by atoms with Gasteiger partial charge in [0, 0.05) is 31.1 Å². The van der Waals surface area contributed by atoms with Crippen LogP contribution < -0.4 is 0 Å². The molecular formula is C23H24ClN3O4. The van der Waals surface area contributed by atoms with Gasteiger partial charge in [-0.2, -0.15) is 5.10 Å². The fraction of sp³-hybridized carbons (Fsp3) is 0.304. The molecule has 0 aliphatic carbocycles. The first kappa shape index (κ1) is 22.5. The summed E-state index contributed by atoms with van der Waals surface area (Å²) in [5, 5.41) is 5.05. The molecule has 7 nitrogen and oxygen atoms in total. The van der Waals surface area contributed by atoms with Crippen molar-refractivity contribution < 1.29 is 19.1 Å². The highest BCUT2D eigenvalue weighted by Gasteiger charge is 2.28. The molecule has 0 saturated heterocycles. The summed E-state index contributed by atoms with van der Waals surface area (Å²) in [6.45, 7) is 1.84. The number of rotatable bonds is 7. The topological polar surface area (TPSA) is 83.3 Å². The van der Waals surface area contributed by atoms with Gasteiger partial charge >= 0.3 is 11.9 Å². The number of aromatic nitrogens is 3. The van der Waals surface area contributed by atoms with E-state index in [-0.39, 0.29) is 18.3 Å². The van der Waals surface area contributed by atoms with Gasteiger partial charge in [0.15, 0.2) is 0 Å². The Kier molecular flexibility index (Phi) is 7.07. The third-order valence-electron chi connectivity index (χ3n) is 5.19. The van der Waals surface area contributed by atoms with E-state index < -0.39 is 5.97 Å². The number of benzene rings is 1. The summed E-state index contributed by atoms with van der Waals surface area (Å²) < 4.78 is 11.3. The smallest absolute Gasteiger partial charge is 0.338 e. The van der Waals surface area contributed by atoms with Gasteiger partial charge in [0.05, 0.1) is 25.5 Å². The zero-order chi connectivity index (χ0) is 22.5. The number of carbonyl (C=O) groups is 2.